The number of rotatable bonds is 63. The maximum Gasteiger partial charge on any atom is 0.303 e. The molecule has 0 unspecified atom stereocenters. The van der Waals surface area contributed by atoms with E-state index in [1.54, 1.807) is 83.1 Å². The molecule has 0 bridgehead atoms. The largest absolute Gasteiger partial charge is 0.508 e. The van der Waals surface area contributed by atoms with Crippen LogP contribution in [0.1, 0.15) is 200 Å². The highest BCUT2D eigenvalue weighted by Crippen LogP contribution is 2.18. The van der Waals surface area contributed by atoms with Gasteiger partial charge in [0.2, 0.25) is 118 Å². The molecular weight excluding hydrogens is 1810 g/mol. The van der Waals surface area contributed by atoms with Crippen molar-refractivity contribution in [3.8, 4) is 5.75 Å². The van der Waals surface area contributed by atoms with E-state index in [1.807, 2.05) is 0 Å². The number of phenols is 1. The number of aromatic amines is 1. The molecule has 772 valence electrons. The first-order valence-corrected chi connectivity index (χ1v) is 45.8. The molecule has 0 aliphatic heterocycles. The molecule has 0 saturated heterocycles. The topological polar surface area (TPSA) is 807 Å². The minimum Gasteiger partial charge on any atom is -0.508 e. The third-order valence-electron chi connectivity index (χ3n) is 21.1. The van der Waals surface area contributed by atoms with Gasteiger partial charge in [-0.2, -0.15) is 0 Å². The van der Waals surface area contributed by atoms with E-state index in [0.717, 1.165) is 0 Å². The number of carbonyl (C=O) groups is 21. The molecule has 0 aliphatic rings. The lowest BCUT2D eigenvalue weighted by molar-refractivity contribution is -0.139. The number of phenolic OH excluding ortho intramolecular Hbond substituents is 1. The van der Waals surface area contributed by atoms with E-state index in [-0.39, 0.29) is 105 Å². The van der Waals surface area contributed by atoms with Crippen LogP contribution in [0.15, 0.2) is 41.8 Å². The average molecular weight is 1950 g/mol. The lowest BCUT2D eigenvalue weighted by Crippen LogP contribution is -2.61. The molecule has 0 saturated carbocycles. The van der Waals surface area contributed by atoms with Crippen LogP contribution in [0.4, 0.5) is 0 Å². The highest BCUT2D eigenvalue weighted by atomic mass is 16.4. The Morgan fingerprint density at radius 2 is 0.761 bits per heavy atom. The number of carbonyl (C=O) groups excluding carboxylic acids is 20. The van der Waals surface area contributed by atoms with Crippen molar-refractivity contribution in [3.05, 3.63) is 48.0 Å². The fourth-order valence-corrected chi connectivity index (χ4v) is 13.5. The molecular formula is C88H146N26O24. The molecule has 50 heteroatoms. The molecule has 2 rings (SSSR count). The van der Waals surface area contributed by atoms with Crippen molar-refractivity contribution in [1.29, 1.82) is 0 Å². The number of imidazole rings is 1. The van der Waals surface area contributed by atoms with Gasteiger partial charge in [0.1, 0.15) is 96.4 Å². The summed E-state index contributed by atoms with van der Waals surface area (Å²) in [5.74, 6) is -22.2. The Balaban J connectivity index is 2.17. The van der Waals surface area contributed by atoms with Crippen LogP contribution >= 0.6 is 0 Å². The van der Waals surface area contributed by atoms with Gasteiger partial charge in [-0.15, -0.1) is 0 Å². The molecule has 0 fully saturated rings. The maximum absolute atomic E-state index is 14.6. The van der Waals surface area contributed by atoms with Crippen molar-refractivity contribution in [2.75, 3.05) is 26.2 Å². The molecule has 138 heavy (non-hydrogen) atoms. The normalized spacial score (nSPS) is 15.1. The van der Waals surface area contributed by atoms with Gasteiger partial charge in [0.25, 0.3) is 0 Å². The van der Waals surface area contributed by atoms with Crippen LogP contribution in [0.25, 0.3) is 0 Å². The number of aromatic nitrogens is 2. The van der Waals surface area contributed by atoms with Crippen LogP contribution in [-0.4, -0.2) is 284 Å². The summed E-state index contributed by atoms with van der Waals surface area (Å²) >= 11 is 0. The number of benzene rings is 1. The zero-order valence-corrected chi connectivity index (χ0v) is 81.5. The number of hydrogen-bond acceptors (Lipinski definition) is 26. The number of amides is 20. The van der Waals surface area contributed by atoms with Crippen molar-refractivity contribution in [2.45, 2.75) is 304 Å². The number of guanidine groups is 1. The van der Waals surface area contributed by atoms with Gasteiger partial charge in [0.15, 0.2) is 5.96 Å². The van der Waals surface area contributed by atoms with Crippen molar-refractivity contribution < 1.29 is 116 Å². The van der Waals surface area contributed by atoms with Crippen LogP contribution in [0, 0.1) is 35.5 Å². The first-order chi connectivity index (χ1) is 64.4. The number of aliphatic hydroxyl groups is 1. The first kappa shape index (κ1) is 120. The predicted molar refractivity (Wildman–Crippen MR) is 501 cm³/mol. The average Bonchev–Trinajstić information content (AvgIpc) is 1.04. The van der Waals surface area contributed by atoms with Gasteiger partial charge >= 0.3 is 5.97 Å². The van der Waals surface area contributed by atoms with Gasteiger partial charge in [-0.3, -0.25) is 106 Å². The maximum atomic E-state index is 14.6. The zero-order valence-electron chi connectivity index (χ0n) is 81.5. The number of carboxylic acid groups (broad SMARTS) is 1. The minimum absolute atomic E-state index is 0.0352. The number of H-pyrrole nitrogens is 1. The Kier molecular flexibility index (Phi) is 52.9. The third-order valence-corrected chi connectivity index (χ3v) is 21.1. The van der Waals surface area contributed by atoms with Crippen LogP contribution in [0.2, 0.25) is 0 Å². The molecule has 18 atom stereocenters. The standard InChI is InChI=1S/C88H146N26O24/c1-18-46(12)70(86(137)112-61(32-45(10)11)85(136)114-71(51(17)115)87(138)106-57(72(91)123)28-41(2)3)113-68(120)39-97-74(125)48(14)101-75(126)49(15)102-76(127)50(16)103-80(131)64(35-65(90)117)104-67(119)38-96-73(124)47(13)100-66(118)37-98-78(129)63(34-53-36-94-40-99-53)111-83(134)60(31-44(8)9)109-82(133)59(30-43(6)7)108-79(130)56(25-26-69(121)122)105-84(135)62(33-52-21-23-54(116)24-22-52)110-81(132)58(29-42(4)5)107-77(128)55(89)20-19-27-95-88(92)93/h21-24,36,40-51,55-64,70-71,115-116H,18-20,25-35,37-39,89H2,1-17H3,(H2,90,117)(H2,91,123)(H,94,99)(H,96,124)(H,97,125)(H,98,129)(H,100,118)(H,101,126)(H,102,127)(H,103,131)(H,104,119)(H,105,135)(H,106,138)(H,107,128)(H,108,130)(H,109,133)(H,110,132)(H,111,134)(H,112,137)(H,113,120)(H,114,136)(H,121,122)(H4,92,93,95)/t46-,47-,48-,49-,50-,51+,55-,56-,57-,58-,59-,60-,61-,62-,63-,64-,70-,71-/m0/s1. The summed E-state index contributed by atoms with van der Waals surface area (Å²) in [6, 6.07) is -17.2. The Labute approximate surface area is 801 Å². The summed E-state index contributed by atoms with van der Waals surface area (Å²) in [7, 11) is 0. The van der Waals surface area contributed by atoms with Crippen LogP contribution < -0.4 is 124 Å². The lowest BCUT2D eigenvalue weighted by atomic mass is 9.96. The monoisotopic (exact) mass is 1950 g/mol. The number of aliphatic carboxylic acids is 1. The van der Waals surface area contributed by atoms with Crippen LogP contribution in [-0.2, 0) is 114 Å². The zero-order chi connectivity index (χ0) is 105. The first-order valence-electron chi connectivity index (χ1n) is 45.8. The quantitative estimate of drug-likeness (QED) is 0.0166. The molecule has 50 nitrogen and oxygen atoms in total. The van der Waals surface area contributed by atoms with Gasteiger partial charge in [0, 0.05) is 32.0 Å². The van der Waals surface area contributed by atoms with E-state index in [0.29, 0.717) is 18.4 Å². The van der Waals surface area contributed by atoms with E-state index in [2.05, 4.69) is 111 Å². The second-order valence-corrected chi connectivity index (χ2v) is 36.2. The SMILES string of the molecule is CC[C@H](C)[C@H](NC(=O)CNC(=O)[C@H](C)NC(=O)[C@H](C)NC(=O)[C@H](C)NC(=O)[C@H](CC(N)=O)NC(=O)CNC(=O)[C@H](C)NC(=O)CNC(=O)[C@H](Cc1c[nH]cn1)NC(=O)[C@H](CC(C)C)NC(=O)[C@H](CC(C)C)NC(=O)[C@H](CCC(=O)O)NC(=O)[C@H](Cc1ccc(O)cc1)NC(=O)[C@H](CC(C)C)NC(=O)[C@@H](N)CCCN=C(N)N)C(=O)N[C@@H](CC(C)C)C(=O)N[C@H](C(=O)N[C@@H](CC(C)C)C(N)=O)[C@@H](C)O. The van der Waals surface area contributed by atoms with Crippen LogP contribution in [0.3, 0.4) is 0 Å². The van der Waals surface area contributed by atoms with Crippen molar-refractivity contribution >= 4 is 130 Å². The Bertz CT molecular complexity index is 4490. The number of aliphatic imine (C=N–C) groups is 1. The molecule has 1 heterocycles. The number of aromatic hydroxyl groups is 1. The van der Waals surface area contributed by atoms with Gasteiger partial charge < -0.3 is 145 Å². The van der Waals surface area contributed by atoms with E-state index in [9.17, 15) is 116 Å². The van der Waals surface area contributed by atoms with E-state index >= 15 is 0 Å². The molecule has 20 amide bonds. The highest BCUT2D eigenvalue weighted by Gasteiger charge is 2.40. The van der Waals surface area contributed by atoms with Crippen LogP contribution in [0.5, 0.6) is 5.75 Å². The smallest absolute Gasteiger partial charge is 0.303 e. The molecule has 0 spiro atoms. The molecule has 1 aromatic heterocycles. The number of primary amides is 2. The van der Waals surface area contributed by atoms with E-state index in [1.165, 1.54) is 71.4 Å². The minimum atomic E-state index is -1.77. The van der Waals surface area contributed by atoms with Gasteiger partial charge in [-0.25, -0.2) is 4.98 Å². The molecule has 2 aromatic rings. The predicted octanol–water partition coefficient (Wildman–Crippen LogP) is -7.14. The highest BCUT2D eigenvalue weighted by molar-refractivity contribution is 6.02. The van der Waals surface area contributed by atoms with Gasteiger partial charge in [-0.05, 0) is 139 Å². The lowest BCUT2D eigenvalue weighted by Gasteiger charge is -2.29. The van der Waals surface area contributed by atoms with Crippen molar-refractivity contribution in [1.82, 2.24) is 106 Å². The molecule has 32 N–H and O–H groups in total. The number of carboxylic acids is 1. The summed E-state index contributed by atoms with van der Waals surface area (Å²) in [5.41, 5.74) is 28.5. The number of nitrogens with zero attached hydrogens (tertiary/aromatic N) is 2. The van der Waals surface area contributed by atoms with Crippen molar-refractivity contribution in [3.63, 3.8) is 0 Å². The number of nitrogens with one attached hydrogen (secondary N) is 19. The summed E-state index contributed by atoms with van der Waals surface area (Å²) in [6.45, 7) is 24.7. The summed E-state index contributed by atoms with van der Waals surface area (Å²) < 4.78 is 0. The Hall–Kier alpha value is -13.7. The Morgan fingerprint density at radius 1 is 0.391 bits per heavy atom. The summed E-state index contributed by atoms with van der Waals surface area (Å²) in [5, 5.41) is 74.6. The van der Waals surface area contributed by atoms with E-state index < -0.39 is 272 Å². The van der Waals surface area contributed by atoms with E-state index in [4.69, 9.17) is 28.7 Å². The molecule has 0 aliphatic carbocycles. The fourth-order valence-electron chi connectivity index (χ4n) is 13.5. The van der Waals surface area contributed by atoms with Gasteiger partial charge in [0.05, 0.1) is 50.2 Å². The summed E-state index contributed by atoms with van der Waals surface area (Å²) in [6.07, 6.45) is -0.547. The summed E-state index contributed by atoms with van der Waals surface area (Å²) in [4.78, 5) is 294. The number of aliphatic hydroxyl groups excluding tert-OH is 1. The molecule has 1 aromatic carbocycles. The number of hydrogen-bond donors (Lipinski definition) is 27. The second-order valence-electron chi connectivity index (χ2n) is 36.2. The fraction of sp³-hybridized carbons (Fsp3) is 0.648. The number of nitrogens with two attached hydrogens (primary N) is 5. The second kappa shape index (κ2) is 60.7. The molecule has 0 radical (unpaired) electrons. The Morgan fingerprint density at radius 3 is 1.20 bits per heavy atom. The van der Waals surface area contributed by atoms with Crippen molar-refractivity contribution in [2.24, 2.45) is 69.2 Å². The third kappa shape index (κ3) is 46.7. The van der Waals surface area contributed by atoms with Gasteiger partial charge in [-0.1, -0.05) is 102 Å².